The lowest BCUT2D eigenvalue weighted by atomic mass is 9.65. The maximum atomic E-state index is 9.96. The predicted octanol–water partition coefficient (Wildman–Crippen LogP) is 2.52. The molecule has 2 bridgehead atoms. The van der Waals surface area contributed by atoms with E-state index in [1.165, 1.54) is 36.1 Å². The highest BCUT2D eigenvalue weighted by molar-refractivity contribution is 7.99. The van der Waals surface area contributed by atoms with E-state index in [2.05, 4.69) is 18.0 Å². The van der Waals surface area contributed by atoms with Crippen molar-refractivity contribution in [3.63, 3.8) is 0 Å². The molecular formula is C17H25N3OS. The second-order valence-electron chi connectivity index (χ2n) is 6.68. The average Bonchev–Trinajstić information content (AvgIpc) is 2.51. The number of guanidine groups is 1. The van der Waals surface area contributed by atoms with E-state index in [9.17, 15) is 5.11 Å². The molecule has 0 saturated carbocycles. The van der Waals surface area contributed by atoms with Crippen molar-refractivity contribution >= 4 is 17.7 Å². The van der Waals surface area contributed by atoms with E-state index in [1.807, 2.05) is 17.8 Å². The highest BCUT2D eigenvalue weighted by Crippen LogP contribution is 2.47. The first kappa shape index (κ1) is 15.5. The van der Waals surface area contributed by atoms with Gasteiger partial charge >= 0.3 is 0 Å². The van der Waals surface area contributed by atoms with Gasteiger partial charge in [0.05, 0.1) is 6.04 Å². The first-order valence-electron chi connectivity index (χ1n) is 8.03. The molecule has 2 unspecified atom stereocenters. The van der Waals surface area contributed by atoms with Crippen molar-refractivity contribution in [1.82, 2.24) is 0 Å². The number of fused-ring (bicyclic) bond motifs is 4. The molecule has 1 aliphatic carbocycles. The molecule has 2 aliphatic rings. The molecule has 1 saturated heterocycles. The Balaban J connectivity index is 2.14. The second kappa shape index (κ2) is 6.03. The zero-order valence-corrected chi connectivity index (χ0v) is 13.9. The molecule has 4 nitrogen and oxygen atoms in total. The molecule has 1 heterocycles. The van der Waals surface area contributed by atoms with Crippen molar-refractivity contribution in [3.8, 4) is 5.75 Å². The maximum absolute atomic E-state index is 9.96. The Labute approximate surface area is 136 Å². The normalized spacial score (nSPS) is 31.3. The van der Waals surface area contributed by atoms with Crippen LogP contribution in [-0.2, 0) is 11.8 Å². The number of phenolic OH excluding ortho intramolecular Hbond substituents is 1. The number of thioether (sulfide) groups is 1. The molecule has 1 fully saturated rings. The summed E-state index contributed by atoms with van der Waals surface area (Å²) in [5.74, 6) is 1.67. The zero-order valence-electron chi connectivity index (χ0n) is 13.1. The van der Waals surface area contributed by atoms with Crippen molar-refractivity contribution < 1.29 is 5.11 Å². The van der Waals surface area contributed by atoms with Gasteiger partial charge in [0.15, 0.2) is 5.96 Å². The third-order valence-corrected chi connectivity index (χ3v) is 6.47. The highest BCUT2D eigenvalue weighted by Gasteiger charge is 2.46. The molecule has 22 heavy (non-hydrogen) atoms. The van der Waals surface area contributed by atoms with Crippen molar-refractivity contribution in [3.05, 3.63) is 29.3 Å². The summed E-state index contributed by atoms with van der Waals surface area (Å²) in [6.45, 7) is 2.26. The summed E-state index contributed by atoms with van der Waals surface area (Å²) in [4.78, 5) is 4.63. The molecule has 0 aromatic heterocycles. The zero-order chi connectivity index (χ0) is 15.7. The molecule has 1 aliphatic heterocycles. The molecule has 0 amide bonds. The average molecular weight is 319 g/mol. The van der Waals surface area contributed by atoms with Crippen molar-refractivity contribution in [1.29, 1.82) is 0 Å². The lowest BCUT2D eigenvalue weighted by molar-refractivity contribution is 0.311. The summed E-state index contributed by atoms with van der Waals surface area (Å²) < 4.78 is 0. The van der Waals surface area contributed by atoms with Crippen LogP contribution in [0.5, 0.6) is 5.75 Å². The molecule has 5 heteroatoms. The van der Waals surface area contributed by atoms with E-state index in [-0.39, 0.29) is 17.4 Å². The SMILES string of the molecule is CC12CCCCCSC(Cc3ccc(O)cc31)[C@H]2N=C(N)N. The van der Waals surface area contributed by atoms with Crippen LogP contribution in [-0.4, -0.2) is 28.1 Å². The van der Waals surface area contributed by atoms with Crippen LogP contribution < -0.4 is 11.5 Å². The van der Waals surface area contributed by atoms with E-state index < -0.39 is 0 Å². The minimum atomic E-state index is -0.113. The Bertz CT molecular complexity index is 585. The van der Waals surface area contributed by atoms with Gasteiger partial charge in [-0.3, -0.25) is 0 Å². The maximum Gasteiger partial charge on any atom is 0.186 e. The number of rotatable bonds is 1. The van der Waals surface area contributed by atoms with Gasteiger partial charge in [-0.2, -0.15) is 11.8 Å². The number of benzene rings is 1. The van der Waals surface area contributed by atoms with Crippen molar-refractivity contribution in [2.75, 3.05) is 5.75 Å². The molecule has 1 aromatic carbocycles. The number of phenols is 1. The Kier molecular flexibility index (Phi) is 4.26. The summed E-state index contributed by atoms with van der Waals surface area (Å²) in [6, 6.07) is 5.86. The fourth-order valence-electron chi connectivity index (χ4n) is 4.00. The lowest BCUT2D eigenvalue weighted by Crippen LogP contribution is -2.49. The Hall–Kier alpha value is -1.36. The fourth-order valence-corrected chi connectivity index (χ4v) is 5.51. The van der Waals surface area contributed by atoms with E-state index in [4.69, 9.17) is 11.5 Å². The third-order valence-electron chi connectivity index (χ3n) is 5.10. The molecule has 3 rings (SSSR count). The van der Waals surface area contributed by atoms with Crippen LogP contribution in [0.2, 0.25) is 0 Å². The smallest absolute Gasteiger partial charge is 0.186 e. The molecule has 0 radical (unpaired) electrons. The number of aromatic hydroxyl groups is 1. The monoisotopic (exact) mass is 319 g/mol. The van der Waals surface area contributed by atoms with Crippen LogP contribution in [0.4, 0.5) is 0 Å². The van der Waals surface area contributed by atoms with Gasteiger partial charge in [-0.05, 0) is 48.3 Å². The van der Waals surface area contributed by atoms with Crippen LogP contribution in [0.15, 0.2) is 23.2 Å². The van der Waals surface area contributed by atoms with Gasteiger partial charge in [-0.25, -0.2) is 4.99 Å². The third kappa shape index (κ3) is 2.78. The van der Waals surface area contributed by atoms with Gasteiger partial charge < -0.3 is 16.6 Å². The first-order valence-corrected chi connectivity index (χ1v) is 9.08. The number of aliphatic imine (C=N–C) groups is 1. The Morgan fingerprint density at radius 1 is 1.32 bits per heavy atom. The van der Waals surface area contributed by atoms with Crippen LogP contribution >= 0.6 is 11.8 Å². The summed E-state index contributed by atoms with van der Waals surface area (Å²) in [7, 11) is 0. The molecule has 1 aromatic rings. The second-order valence-corrected chi connectivity index (χ2v) is 8.03. The van der Waals surface area contributed by atoms with Gasteiger partial charge in [-0.15, -0.1) is 0 Å². The van der Waals surface area contributed by atoms with Gasteiger partial charge in [0.1, 0.15) is 5.75 Å². The molecule has 0 spiro atoms. The summed E-state index contributed by atoms with van der Waals surface area (Å²) in [5.41, 5.74) is 13.9. The van der Waals surface area contributed by atoms with Gasteiger partial charge in [0.25, 0.3) is 0 Å². The fraction of sp³-hybridized carbons (Fsp3) is 0.588. The largest absolute Gasteiger partial charge is 0.508 e. The summed E-state index contributed by atoms with van der Waals surface area (Å²) in [6.07, 6.45) is 5.71. The van der Waals surface area contributed by atoms with E-state index in [0.717, 1.165) is 12.8 Å². The number of hydrogen-bond donors (Lipinski definition) is 3. The standard InChI is InChI=1S/C17H25N3OS/c1-17-7-3-2-4-8-22-14(15(17)20-16(18)19)9-11-5-6-12(21)10-13(11)17/h5-6,10,14-15,21H,2-4,7-9H2,1H3,(H4,18,19,20)/t14?,15-,17?/m1/s1. The minimum absolute atomic E-state index is 0.0786. The summed E-state index contributed by atoms with van der Waals surface area (Å²) >= 11 is 2.00. The van der Waals surface area contributed by atoms with Crippen LogP contribution in [0.1, 0.15) is 43.7 Å². The highest BCUT2D eigenvalue weighted by atomic mass is 32.2. The van der Waals surface area contributed by atoms with Gasteiger partial charge in [0, 0.05) is 10.7 Å². The van der Waals surface area contributed by atoms with E-state index in [0.29, 0.717) is 11.0 Å². The Morgan fingerprint density at radius 3 is 2.91 bits per heavy atom. The van der Waals surface area contributed by atoms with Crippen molar-refractivity contribution in [2.24, 2.45) is 16.5 Å². The Morgan fingerprint density at radius 2 is 2.14 bits per heavy atom. The lowest BCUT2D eigenvalue weighted by Gasteiger charge is -2.45. The van der Waals surface area contributed by atoms with Crippen LogP contribution in [0.25, 0.3) is 0 Å². The minimum Gasteiger partial charge on any atom is -0.508 e. The quantitative estimate of drug-likeness (QED) is 0.548. The molecular weight excluding hydrogens is 294 g/mol. The van der Waals surface area contributed by atoms with Crippen LogP contribution in [0, 0.1) is 0 Å². The van der Waals surface area contributed by atoms with E-state index >= 15 is 0 Å². The number of nitrogens with zero attached hydrogens (tertiary/aromatic N) is 1. The molecule has 5 N–H and O–H groups in total. The first-order chi connectivity index (χ1) is 10.5. The topological polar surface area (TPSA) is 84.6 Å². The predicted molar refractivity (Wildman–Crippen MR) is 93.5 cm³/mol. The molecule has 120 valence electrons. The molecule has 3 atom stereocenters. The van der Waals surface area contributed by atoms with Gasteiger partial charge in [0.2, 0.25) is 0 Å². The van der Waals surface area contributed by atoms with Crippen molar-refractivity contribution in [2.45, 2.75) is 55.7 Å². The number of hydrogen-bond acceptors (Lipinski definition) is 3. The van der Waals surface area contributed by atoms with Crippen LogP contribution in [0.3, 0.4) is 0 Å². The summed E-state index contributed by atoms with van der Waals surface area (Å²) in [5, 5.41) is 10.4. The number of nitrogens with two attached hydrogens (primary N) is 2. The van der Waals surface area contributed by atoms with Gasteiger partial charge in [-0.1, -0.05) is 25.8 Å². The van der Waals surface area contributed by atoms with E-state index in [1.54, 1.807) is 6.07 Å².